The fourth-order valence-electron chi connectivity index (χ4n) is 1.50. The summed E-state index contributed by atoms with van der Waals surface area (Å²) in [6, 6.07) is 0. The first-order valence-electron chi connectivity index (χ1n) is 4.39. The van der Waals surface area contributed by atoms with E-state index in [1.807, 2.05) is 0 Å². The summed E-state index contributed by atoms with van der Waals surface area (Å²) in [5, 5.41) is 20.9. The molecule has 0 fully saturated rings. The number of nitrogens with one attached hydrogen (secondary N) is 1. The Morgan fingerprint density at radius 3 is 3.07 bits per heavy atom. The van der Waals surface area contributed by atoms with Gasteiger partial charge in [-0.1, -0.05) is 0 Å². The Hall–Kier alpha value is -1.66. The van der Waals surface area contributed by atoms with E-state index < -0.39 is 12.3 Å². The topological polar surface area (TPSA) is 91.7 Å². The number of hydrogen-bond acceptors (Lipinski definition) is 5. The lowest BCUT2D eigenvalue weighted by Gasteiger charge is -2.24. The van der Waals surface area contributed by atoms with Gasteiger partial charge < -0.3 is 14.9 Å². The molecule has 15 heavy (non-hydrogen) atoms. The number of carbonyl (C=O) groups is 1. The number of amides is 1. The number of aliphatic hydroxyl groups is 2. The van der Waals surface area contributed by atoms with E-state index in [0.717, 1.165) is 0 Å². The lowest BCUT2D eigenvalue weighted by Crippen LogP contribution is -2.37. The Bertz CT molecular complexity index is 419. The molecule has 0 radical (unpaired) electrons. The van der Waals surface area contributed by atoms with E-state index >= 15 is 0 Å². The van der Waals surface area contributed by atoms with Crippen LogP contribution in [-0.4, -0.2) is 21.3 Å². The van der Waals surface area contributed by atoms with Gasteiger partial charge in [-0.25, -0.2) is 4.79 Å². The Labute approximate surface area is 85.5 Å². The number of fused-ring (bicyclic) bond motifs is 1. The van der Waals surface area contributed by atoms with Gasteiger partial charge in [-0.2, -0.15) is 0 Å². The highest BCUT2D eigenvalue weighted by Gasteiger charge is 2.28. The molecule has 1 aliphatic heterocycles. The van der Waals surface area contributed by atoms with Gasteiger partial charge in [-0.3, -0.25) is 10.3 Å². The summed E-state index contributed by atoms with van der Waals surface area (Å²) in [4.78, 5) is 15.0. The monoisotopic (exact) mass is 210 g/mol. The average Bonchev–Trinajstić information content (AvgIpc) is 2.19. The molecule has 2 heterocycles. The molecule has 0 saturated heterocycles. The first kappa shape index (κ1) is 9.88. The van der Waals surface area contributed by atoms with E-state index in [1.165, 1.54) is 6.20 Å². The standard InChI is InChI=1S/C9H10N2O4/c1-4-7-6(5(3-12)2-10-4)8(13)11-9(14)15-7/h2,8,12-13H,3H2,1H3,(H,11,14). The zero-order valence-corrected chi connectivity index (χ0v) is 8.02. The van der Waals surface area contributed by atoms with Crippen LogP contribution in [0.3, 0.4) is 0 Å². The number of aryl methyl sites for hydroxylation is 1. The van der Waals surface area contributed by atoms with Crippen molar-refractivity contribution in [3.8, 4) is 5.75 Å². The quantitative estimate of drug-likeness (QED) is 0.605. The van der Waals surface area contributed by atoms with Gasteiger partial charge in [-0.05, 0) is 6.92 Å². The molecule has 1 aromatic rings. The Balaban J connectivity index is 2.61. The highest BCUT2D eigenvalue weighted by atomic mass is 16.6. The van der Waals surface area contributed by atoms with Gasteiger partial charge in [0.2, 0.25) is 0 Å². The van der Waals surface area contributed by atoms with Crippen LogP contribution in [0, 0.1) is 6.92 Å². The summed E-state index contributed by atoms with van der Waals surface area (Å²) >= 11 is 0. The van der Waals surface area contributed by atoms with Crippen LogP contribution in [0.2, 0.25) is 0 Å². The van der Waals surface area contributed by atoms with Crippen molar-refractivity contribution in [2.45, 2.75) is 19.8 Å². The molecule has 1 amide bonds. The minimum Gasteiger partial charge on any atom is -0.408 e. The predicted molar refractivity (Wildman–Crippen MR) is 49.0 cm³/mol. The van der Waals surface area contributed by atoms with Crippen molar-refractivity contribution in [1.29, 1.82) is 0 Å². The summed E-state index contributed by atoms with van der Waals surface area (Å²) in [6.07, 6.45) is -0.446. The van der Waals surface area contributed by atoms with Crippen LogP contribution in [0.15, 0.2) is 6.20 Å². The maximum Gasteiger partial charge on any atom is 0.414 e. The fraction of sp³-hybridized carbons (Fsp3) is 0.333. The molecule has 6 heteroatoms. The summed E-state index contributed by atoms with van der Waals surface area (Å²) < 4.78 is 4.89. The second-order valence-electron chi connectivity index (χ2n) is 3.21. The Kier molecular flexibility index (Phi) is 2.29. The van der Waals surface area contributed by atoms with Crippen LogP contribution in [0.1, 0.15) is 23.0 Å². The third-order valence-electron chi connectivity index (χ3n) is 2.23. The molecule has 0 saturated carbocycles. The molecular weight excluding hydrogens is 200 g/mol. The normalized spacial score (nSPS) is 19.1. The van der Waals surface area contributed by atoms with E-state index in [1.54, 1.807) is 6.92 Å². The molecule has 80 valence electrons. The molecule has 3 N–H and O–H groups in total. The van der Waals surface area contributed by atoms with E-state index in [4.69, 9.17) is 9.84 Å². The average molecular weight is 210 g/mol. The van der Waals surface area contributed by atoms with Crippen molar-refractivity contribution >= 4 is 6.09 Å². The van der Waals surface area contributed by atoms with Crippen molar-refractivity contribution in [3.63, 3.8) is 0 Å². The van der Waals surface area contributed by atoms with Crippen LogP contribution in [-0.2, 0) is 6.61 Å². The molecule has 0 aromatic carbocycles. The van der Waals surface area contributed by atoms with Gasteiger partial charge in [0.25, 0.3) is 0 Å². The zero-order valence-electron chi connectivity index (χ0n) is 8.02. The van der Waals surface area contributed by atoms with Gasteiger partial charge in [0.15, 0.2) is 12.0 Å². The van der Waals surface area contributed by atoms with Crippen LogP contribution < -0.4 is 10.1 Å². The minimum atomic E-state index is -1.16. The molecule has 1 atom stereocenters. The molecular formula is C9H10N2O4. The predicted octanol–water partition coefficient (Wildman–Crippen LogP) is -0.0248. The maximum atomic E-state index is 11.0. The first-order chi connectivity index (χ1) is 7.13. The van der Waals surface area contributed by atoms with E-state index in [9.17, 15) is 9.90 Å². The summed E-state index contributed by atoms with van der Waals surface area (Å²) in [7, 11) is 0. The minimum absolute atomic E-state index is 0.220. The van der Waals surface area contributed by atoms with Crippen molar-refractivity contribution in [2.75, 3.05) is 0 Å². The van der Waals surface area contributed by atoms with Crippen molar-refractivity contribution < 1.29 is 19.7 Å². The molecule has 2 rings (SSSR count). The Morgan fingerprint density at radius 2 is 2.40 bits per heavy atom. The lowest BCUT2D eigenvalue weighted by molar-refractivity contribution is 0.105. The number of carbonyl (C=O) groups excluding carboxylic acids is 1. The summed E-state index contributed by atoms with van der Waals surface area (Å²) in [5.41, 5.74) is 1.30. The van der Waals surface area contributed by atoms with Gasteiger partial charge in [0.1, 0.15) is 0 Å². The molecule has 0 bridgehead atoms. The lowest BCUT2D eigenvalue weighted by atomic mass is 10.1. The van der Waals surface area contributed by atoms with E-state index in [0.29, 0.717) is 16.8 Å². The highest BCUT2D eigenvalue weighted by Crippen LogP contribution is 2.32. The second-order valence-corrected chi connectivity index (χ2v) is 3.21. The smallest absolute Gasteiger partial charge is 0.408 e. The molecule has 1 unspecified atom stereocenters. The summed E-state index contributed by atoms with van der Waals surface area (Å²) in [6.45, 7) is 1.39. The van der Waals surface area contributed by atoms with E-state index in [2.05, 4.69) is 10.3 Å². The number of rotatable bonds is 1. The third kappa shape index (κ3) is 1.53. The summed E-state index contributed by atoms with van der Waals surface area (Å²) in [5.74, 6) is 0.220. The largest absolute Gasteiger partial charge is 0.414 e. The van der Waals surface area contributed by atoms with Gasteiger partial charge in [0, 0.05) is 11.8 Å². The first-order valence-corrected chi connectivity index (χ1v) is 4.39. The molecule has 6 nitrogen and oxygen atoms in total. The van der Waals surface area contributed by atoms with Gasteiger partial charge >= 0.3 is 6.09 Å². The Morgan fingerprint density at radius 1 is 1.67 bits per heavy atom. The van der Waals surface area contributed by atoms with Crippen molar-refractivity contribution in [2.24, 2.45) is 0 Å². The molecule has 0 spiro atoms. The van der Waals surface area contributed by atoms with Crippen LogP contribution in [0.25, 0.3) is 0 Å². The fourth-order valence-corrected chi connectivity index (χ4v) is 1.50. The van der Waals surface area contributed by atoms with Crippen LogP contribution in [0.4, 0.5) is 4.79 Å². The number of nitrogens with zero attached hydrogens (tertiary/aromatic N) is 1. The number of hydrogen-bond donors (Lipinski definition) is 3. The van der Waals surface area contributed by atoms with Crippen molar-refractivity contribution in [1.82, 2.24) is 10.3 Å². The number of aromatic nitrogens is 1. The van der Waals surface area contributed by atoms with Gasteiger partial charge in [0.05, 0.1) is 17.9 Å². The molecule has 0 aliphatic carbocycles. The second kappa shape index (κ2) is 3.48. The molecule has 1 aliphatic rings. The highest BCUT2D eigenvalue weighted by molar-refractivity contribution is 5.74. The van der Waals surface area contributed by atoms with Crippen molar-refractivity contribution in [3.05, 3.63) is 23.0 Å². The third-order valence-corrected chi connectivity index (χ3v) is 2.23. The zero-order chi connectivity index (χ0) is 11.0. The SMILES string of the molecule is Cc1ncc(CO)c2c1OC(=O)NC2O. The maximum absolute atomic E-state index is 11.0. The number of ether oxygens (including phenoxy) is 1. The van der Waals surface area contributed by atoms with E-state index in [-0.39, 0.29) is 12.4 Å². The number of aliphatic hydroxyl groups excluding tert-OH is 2. The van der Waals surface area contributed by atoms with Crippen LogP contribution in [0.5, 0.6) is 5.75 Å². The van der Waals surface area contributed by atoms with Crippen LogP contribution >= 0.6 is 0 Å². The number of pyridine rings is 1. The molecule has 1 aromatic heterocycles. The van der Waals surface area contributed by atoms with Gasteiger partial charge in [-0.15, -0.1) is 0 Å².